The third-order valence-electron chi connectivity index (χ3n) is 3.80. The highest BCUT2D eigenvalue weighted by Gasteiger charge is 2.39. The molecule has 106 valence electrons. The van der Waals surface area contributed by atoms with E-state index in [2.05, 4.69) is 20.3 Å². The molecule has 0 bridgehead atoms. The Kier molecular flexibility index (Phi) is 2.98. The highest BCUT2D eigenvalue weighted by Crippen LogP contribution is 2.36. The Morgan fingerprint density at radius 1 is 1.55 bits per heavy atom. The van der Waals surface area contributed by atoms with E-state index in [0.717, 1.165) is 29.0 Å². The van der Waals surface area contributed by atoms with Gasteiger partial charge in [-0.25, -0.2) is 10.8 Å². The first-order chi connectivity index (χ1) is 9.53. The van der Waals surface area contributed by atoms with Crippen molar-refractivity contribution in [2.45, 2.75) is 13.3 Å². The Balaban J connectivity index is 2.02. The molecule has 2 aromatic rings. The second-order valence-electron chi connectivity index (χ2n) is 5.25. The fourth-order valence-corrected chi connectivity index (χ4v) is 3.25. The zero-order chi connectivity index (χ0) is 14.3. The van der Waals surface area contributed by atoms with Gasteiger partial charge in [0.05, 0.1) is 10.8 Å². The molecule has 2 aromatic heterocycles. The van der Waals surface area contributed by atoms with Gasteiger partial charge < -0.3 is 10.6 Å². The number of hydrogen-bond donors (Lipinski definition) is 3. The van der Waals surface area contributed by atoms with Gasteiger partial charge in [0.1, 0.15) is 10.6 Å². The van der Waals surface area contributed by atoms with Gasteiger partial charge in [0.25, 0.3) is 0 Å². The van der Waals surface area contributed by atoms with Gasteiger partial charge in [-0.1, -0.05) is 0 Å². The average Bonchev–Trinajstić information content (AvgIpc) is 3.04. The van der Waals surface area contributed by atoms with E-state index < -0.39 is 5.41 Å². The number of hydrogen-bond acceptors (Lipinski definition) is 7. The fraction of sp³-hybridized carbons (Fsp3) is 0.417. The molecule has 1 unspecified atom stereocenters. The lowest BCUT2D eigenvalue weighted by Gasteiger charge is -2.22. The molecule has 5 N–H and O–H groups in total. The van der Waals surface area contributed by atoms with E-state index in [0.29, 0.717) is 12.5 Å². The van der Waals surface area contributed by atoms with Crippen LogP contribution in [-0.2, 0) is 4.79 Å². The van der Waals surface area contributed by atoms with E-state index in [9.17, 15) is 4.79 Å². The van der Waals surface area contributed by atoms with Gasteiger partial charge in [-0.15, -0.1) is 11.3 Å². The average molecular weight is 292 g/mol. The van der Waals surface area contributed by atoms with E-state index in [4.69, 9.17) is 11.6 Å². The van der Waals surface area contributed by atoms with Gasteiger partial charge in [-0.05, 0) is 24.8 Å². The lowest BCUT2D eigenvalue weighted by molar-refractivity contribution is -0.125. The molecular weight excluding hydrogens is 276 g/mol. The van der Waals surface area contributed by atoms with Crippen LogP contribution in [0.1, 0.15) is 13.3 Å². The summed E-state index contributed by atoms with van der Waals surface area (Å²) < 4.78 is 0. The molecule has 0 aliphatic carbocycles. The summed E-state index contributed by atoms with van der Waals surface area (Å²) in [6.45, 7) is 3.20. The standard InChI is InChI=1S/C12H16N6OS/c1-12(10(13)19)3-4-18(6-12)8-7-2-5-20-9(7)16-11(15-8)17-14/h2,5H,3-4,6,14H2,1H3,(H2,13,19)(H,15,16,17). The number of anilines is 2. The number of aromatic nitrogens is 2. The number of nitrogens with one attached hydrogen (secondary N) is 1. The fourth-order valence-electron chi connectivity index (χ4n) is 2.49. The number of nitrogens with two attached hydrogens (primary N) is 2. The smallest absolute Gasteiger partial charge is 0.240 e. The van der Waals surface area contributed by atoms with Gasteiger partial charge in [-0.3, -0.25) is 10.2 Å². The normalized spacial score (nSPS) is 22.4. The van der Waals surface area contributed by atoms with Crippen LogP contribution >= 0.6 is 11.3 Å². The van der Waals surface area contributed by atoms with Crippen molar-refractivity contribution in [2.24, 2.45) is 17.0 Å². The summed E-state index contributed by atoms with van der Waals surface area (Å²) in [6, 6.07) is 1.98. The van der Waals surface area contributed by atoms with Crippen LogP contribution in [0.5, 0.6) is 0 Å². The molecule has 0 saturated carbocycles. The predicted octanol–water partition coefficient (Wildman–Crippen LogP) is 0.679. The topological polar surface area (TPSA) is 110 Å². The Bertz CT molecular complexity index is 671. The van der Waals surface area contributed by atoms with Crippen molar-refractivity contribution in [3.8, 4) is 0 Å². The summed E-state index contributed by atoms with van der Waals surface area (Å²) in [7, 11) is 0. The molecule has 0 aromatic carbocycles. The first-order valence-corrected chi connectivity index (χ1v) is 7.18. The maximum absolute atomic E-state index is 11.6. The molecule has 1 aliphatic rings. The number of thiophene rings is 1. The monoisotopic (exact) mass is 292 g/mol. The van der Waals surface area contributed by atoms with Crippen molar-refractivity contribution in [2.75, 3.05) is 23.4 Å². The number of carbonyl (C=O) groups excluding carboxylic acids is 1. The third kappa shape index (κ3) is 1.97. The lowest BCUT2D eigenvalue weighted by Crippen LogP contribution is -2.37. The minimum absolute atomic E-state index is 0.271. The van der Waals surface area contributed by atoms with Crippen molar-refractivity contribution < 1.29 is 4.79 Å². The van der Waals surface area contributed by atoms with Crippen LogP contribution in [0.4, 0.5) is 11.8 Å². The van der Waals surface area contributed by atoms with Crippen LogP contribution in [0.15, 0.2) is 11.4 Å². The minimum atomic E-state index is -0.510. The zero-order valence-corrected chi connectivity index (χ0v) is 11.9. The summed E-state index contributed by atoms with van der Waals surface area (Å²) in [5, 5.41) is 2.94. The number of primary amides is 1. The molecule has 1 aliphatic heterocycles. The molecule has 0 spiro atoms. The lowest BCUT2D eigenvalue weighted by atomic mass is 9.89. The Labute approximate surface area is 119 Å². The van der Waals surface area contributed by atoms with Gasteiger partial charge in [0, 0.05) is 13.1 Å². The Morgan fingerprint density at radius 2 is 2.35 bits per heavy atom. The van der Waals surface area contributed by atoms with Crippen molar-refractivity contribution in [1.82, 2.24) is 9.97 Å². The number of carbonyl (C=O) groups is 1. The van der Waals surface area contributed by atoms with Crippen molar-refractivity contribution in [1.29, 1.82) is 0 Å². The maximum Gasteiger partial charge on any atom is 0.240 e. The predicted molar refractivity (Wildman–Crippen MR) is 79.4 cm³/mol. The zero-order valence-electron chi connectivity index (χ0n) is 11.1. The molecule has 8 heteroatoms. The van der Waals surface area contributed by atoms with E-state index in [-0.39, 0.29) is 5.91 Å². The third-order valence-corrected chi connectivity index (χ3v) is 4.61. The molecule has 1 saturated heterocycles. The van der Waals surface area contributed by atoms with E-state index in [1.165, 1.54) is 11.3 Å². The number of fused-ring (bicyclic) bond motifs is 1. The first-order valence-electron chi connectivity index (χ1n) is 6.30. The Hall–Kier alpha value is -1.93. The summed E-state index contributed by atoms with van der Waals surface area (Å²) >= 11 is 1.53. The molecule has 20 heavy (non-hydrogen) atoms. The molecule has 1 fully saturated rings. The van der Waals surface area contributed by atoms with Gasteiger partial charge in [-0.2, -0.15) is 4.98 Å². The molecule has 3 heterocycles. The molecule has 3 rings (SSSR count). The molecule has 7 nitrogen and oxygen atoms in total. The number of nitrogen functional groups attached to an aromatic ring is 1. The molecular formula is C12H16N6OS. The second kappa shape index (κ2) is 4.57. The van der Waals surface area contributed by atoms with Crippen LogP contribution < -0.4 is 21.9 Å². The molecule has 0 radical (unpaired) electrons. The van der Waals surface area contributed by atoms with Crippen LogP contribution in [0.2, 0.25) is 0 Å². The van der Waals surface area contributed by atoms with Crippen LogP contribution in [0.25, 0.3) is 10.2 Å². The SMILES string of the molecule is CC1(C(N)=O)CCN(c2nc(NN)nc3sccc23)C1. The van der Waals surface area contributed by atoms with Gasteiger partial charge in [0.2, 0.25) is 11.9 Å². The molecule has 1 atom stereocenters. The highest BCUT2D eigenvalue weighted by atomic mass is 32.1. The molecule has 1 amide bonds. The van der Waals surface area contributed by atoms with Crippen LogP contribution in [0.3, 0.4) is 0 Å². The van der Waals surface area contributed by atoms with E-state index in [1.54, 1.807) is 0 Å². The Morgan fingerprint density at radius 3 is 3.00 bits per heavy atom. The number of hydrazine groups is 1. The minimum Gasteiger partial charge on any atom is -0.369 e. The van der Waals surface area contributed by atoms with Crippen molar-refractivity contribution >= 4 is 39.2 Å². The summed E-state index contributed by atoms with van der Waals surface area (Å²) in [4.78, 5) is 23.3. The van der Waals surface area contributed by atoms with E-state index in [1.807, 2.05) is 18.4 Å². The van der Waals surface area contributed by atoms with Crippen LogP contribution in [-0.4, -0.2) is 29.0 Å². The number of nitrogens with zero attached hydrogens (tertiary/aromatic N) is 3. The number of amides is 1. The first kappa shape index (κ1) is 13.1. The van der Waals surface area contributed by atoms with Crippen LogP contribution in [0, 0.1) is 5.41 Å². The summed E-state index contributed by atoms with van der Waals surface area (Å²) in [6.07, 6.45) is 0.726. The van der Waals surface area contributed by atoms with E-state index >= 15 is 0 Å². The van der Waals surface area contributed by atoms with Gasteiger partial charge in [0.15, 0.2) is 0 Å². The van der Waals surface area contributed by atoms with Gasteiger partial charge >= 0.3 is 0 Å². The maximum atomic E-state index is 11.6. The number of rotatable bonds is 3. The summed E-state index contributed by atoms with van der Waals surface area (Å²) in [5.41, 5.74) is 7.46. The van der Waals surface area contributed by atoms with Crippen molar-refractivity contribution in [3.63, 3.8) is 0 Å². The largest absolute Gasteiger partial charge is 0.369 e. The highest BCUT2D eigenvalue weighted by molar-refractivity contribution is 7.16. The van der Waals surface area contributed by atoms with Crippen molar-refractivity contribution in [3.05, 3.63) is 11.4 Å². The summed E-state index contributed by atoms with van der Waals surface area (Å²) in [5.74, 6) is 6.32. The second-order valence-corrected chi connectivity index (χ2v) is 6.15. The quantitative estimate of drug-likeness (QED) is 0.567.